The number of carbonyl (C=O) groups excluding carboxylic acids is 1. The highest BCUT2D eigenvalue weighted by Crippen LogP contribution is 2.20. The van der Waals surface area contributed by atoms with E-state index in [0.29, 0.717) is 10.6 Å². The van der Waals surface area contributed by atoms with E-state index in [1.807, 2.05) is 0 Å². The van der Waals surface area contributed by atoms with Gasteiger partial charge < -0.3 is 21.3 Å². The lowest BCUT2D eigenvalue weighted by Gasteiger charge is -2.12. The van der Waals surface area contributed by atoms with Crippen molar-refractivity contribution in [1.82, 2.24) is 5.32 Å². The fourth-order valence-electron chi connectivity index (χ4n) is 1.34. The molecule has 0 aliphatic carbocycles. The summed E-state index contributed by atoms with van der Waals surface area (Å²) < 4.78 is 0. The zero-order valence-electron chi connectivity index (χ0n) is 10.4. The fraction of sp³-hybridized carbons (Fsp3) is 0.250. The van der Waals surface area contributed by atoms with Crippen LogP contribution in [0, 0.1) is 0 Å². The molecule has 0 saturated heterocycles. The summed E-state index contributed by atoms with van der Waals surface area (Å²) in [6.07, 6.45) is -0.498. The molecule has 1 aromatic rings. The van der Waals surface area contributed by atoms with E-state index in [0.717, 1.165) is 11.8 Å². The molecule has 8 heteroatoms. The second-order valence-corrected chi connectivity index (χ2v) is 4.97. The number of thioether (sulfide) groups is 1. The van der Waals surface area contributed by atoms with Crippen LogP contribution in [-0.4, -0.2) is 33.4 Å². The first-order chi connectivity index (χ1) is 9.38. The third-order valence-corrected chi connectivity index (χ3v) is 3.14. The number of rotatable bonds is 6. The van der Waals surface area contributed by atoms with Crippen molar-refractivity contribution < 1.29 is 24.6 Å². The Hall–Kier alpha value is -2.22. The number of amides is 1. The van der Waals surface area contributed by atoms with E-state index < -0.39 is 23.2 Å². The van der Waals surface area contributed by atoms with Gasteiger partial charge in [-0.25, -0.2) is 4.79 Å². The van der Waals surface area contributed by atoms with E-state index in [-0.39, 0.29) is 12.8 Å². The van der Waals surface area contributed by atoms with Gasteiger partial charge in [0.05, 0.1) is 0 Å². The monoisotopic (exact) mass is 298 g/mol. The molecule has 7 nitrogen and oxygen atoms in total. The minimum atomic E-state index is -1.27. The Kier molecular flexibility index (Phi) is 5.85. The highest BCUT2D eigenvalue weighted by molar-refractivity contribution is 8.13. The molecule has 0 spiro atoms. The lowest BCUT2D eigenvalue weighted by atomic mass is 10.1. The van der Waals surface area contributed by atoms with E-state index >= 15 is 0 Å². The van der Waals surface area contributed by atoms with Crippen LogP contribution < -0.4 is 11.1 Å². The third kappa shape index (κ3) is 5.61. The lowest BCUT2D eigenvalue weighted by molar-refractivity contribution is -0.140. The van der Waals surface area contributed by atoms with E-state index in [1.54, 1.807) is 24.3 Å². The molecule has 0 bridgehead atoms. The first kappa shape index (κ1) is 15.8. The quantitative estimate of drug-likeness (QED) is 0.461. The number of hydrogen-bond donors (Lipinski definition) is 4. The zero-order valence-corrected chi connectivity index (χ0v) is 11.2. The molecule has 0 aliphatic rings. The first-order valence-electron chi connectivity index (χ1n) is 5.67. The summed E-state index contributed by atoms with van der Waals surface area (Å²) in [5.74, 6) is -2.38. The van der Waals surface area contributed by atoms with Crippen molar-refractivity contribution in [3.05, 3.63) is 24.3 Å². The fourth-order valence-corrected chi connectivity index (χ4v) is 2.03. The third-order valence-electron chi connectivity index (χ3n) is 2.33. The number of aliphatic carboxylic acids is 2. The van der Waals surface area contributed by atoms with Crippen molar-refractivity contribution in [2.75, 3.05) is 5.73 Å². The molecule has 0 aliphatic heterocycles. The SMILES string of the molecule is Nc1ccc(SC(=O)N[C@@H](CCC(=O)O)C(=O)O)cc1. The Morgan fingerprint density at radius 2 is 1.80 bits per heavy atom. The van der Waals surface area contributed by atoms with E-state index in [4.69, 9.17) is 15.9 Å². The largest absolute Gasteiger partial charge is 0.481 e. The maximum atomic E-state index is 11.7. The van der Waals surface area contributed by atoms with Gasteiger partial charge in [0.15, 0.2) is 0 Å². The van der Waals surface area contributed by atoms with Crippen LogP contribution in [-0.2, 0) is 9.59 Å². The second kappa shape index (κ2) is 7.39. The van der Waals surface area contributed by atoms with Crippen LogP contribution in [0.4, 0.5) is 10.5 Å². The van der Waals surface area contributed by atoms with Crippen LogP contribution in [0.2, 0.25) is 0 Å². The molecule has 0 unspecified atom stereocenters. The molecule has 1 amide bonds. The molecule has 1 atom stereocenters. The van der Waals surface area contributed by atoms with Crippen molar-refractivity contribution in [1.29, 1.82) is 0 Å². The standard InChI is InChI=1S/C12H14N2O5S/c13-7-1-3-8(4-2-7)20-12(19)14-9(11(17)18)5-6-10(15)16/h1-4,9H,5-6,13H2,(H,14,19)(H,15,16)(H,17,18)/t9-/m0/s1. The van der Waals surface area contributed by atoms with Gasteiger partial charge in [0.1, 0.15) is 6.04 Å². The van der Waals surface area contributed by atoms with Gasteiger partial charge in [-0.3, -0.25) is 9.59 Å². The minimum absolute atomic E-state index is 0.168. The Bertz CT molecular complexity index is 503. The van der Waals surface area contributed by atoms with Gasteiger partial charge in [-0.15, -0.1) is 0 Å². The molecule has 0 aromatic heterocycles. The van der Waals surface area contributed by atoms with Crippen LogP contribution in [0.15, 0.2) is 29.2 Å². The van der Waals surface area contributed by atoms with Crippen molar-refractivity contribution >= 4 is 34.6 Å². The highest BCUT2D eigenvalue weighted by atomic mass is 32.2. The summed E-state index contributed by atoms with van der Waals surface area (Å²) in [6, 6.07) is 5.28. The number of nitrogens with one attached hydrogen (secondary N) is 1. The molecule has 20 heavy (non-hydrogen) atoms. The van der Waals surface area contributed by atoms with E-state index in [2.05, 4.69) is 5.32 Å². The molecule has 108 valence electrons. The van der Waals surface area contributed by atoms with Gasteiger partial charge in [0.2, 0.25) is 0 Å². The van der Waals surface area contributed by atoms with Gasteiger partial charge >= 0.3 is 11.9 Å². The highest BCUT2D eigenvalue weighted by Gasteiger charge is 2.21. The number of carboxylic acids is 2. The number of carboxylic acid groups (broad SMARTS) is 2. The zero-order chi connectivity index (χ0) is 15.1. The van der Waals surface area contributed by atoms with Crippen molar-refractivity contribution in [2.45, 2.75) is 23.8 Å². The topological polar surface area (TPSA) is 130 Å². The van der Waals surface area contributed by atoms with Crippen LogP contribution in [0.1, 0.15) is 12.8 Å². The summed E-state index contributed by atoms with van der Waals surface area (Å²) in [4.78, 5) is 33.6. The molecule has 1 aromatic carbocycles. The lowest BCUT2D eigenvalue weighted by Crippen LogP contribution is -2.39. The second-order valence-electron chi connectivity index (χ2n) is 3.93. The summed E-state index contributed by atoms with van der Waals surface area (Å²) in [5, 5.41) is 19.1. The minimum Gasteiger partial charge on any atom is -0.481 e. The summed E-state index contributed by atoms with van der Waals surface area (Å²) >= 11 is 0.816. The molecule has 0 fully saturated rings. The predicted octanol–water partition coefficient (Wildman–Crippen LogP) is 1.39. The van der Waals surface area contributed by atoms with Crippen LogP contribution >= 0.6 is 11.8 Å². The number of anilines is 1. The van der Waals surface area contributed by atoms with Crippen molar-refractivity contribution in [3.8, 4) is 0 Å². The van der Waals surface area contributed by atoms with Gasteiger partial charge in [0.25, 0.3) is 5.24 Å². The summed E-state index contributed by atoms with van der Waals surface area (Å²) in [7, 11) is 0. The molecular formula is C12H14N2O5S. The van der Waals surface area contributed by atoms with E-state index in [9.17, 15) is 14.4 Å². The normalized spacial score (nSPS) is 11.6. The van der Waals surface area contributed by atoms with Gasteiger partial charge in [-0.05, 0) is 42.4 Å². The molecule has 0 saturated carbocycles. The number of nitrogens with two attached hydrogens (primary N) is 1. The molecule has 5 N–H and O–H groups in total. The molecular weight excluding hydrogens is 284 g/mol. The first-order valence-corrected chi connectivity index (χ1v) is 6.48. The number of nitrogen functional groups attached to an aromatic ring is 1. The molecule has 0 radical (unpaired) electrons. The maximum Gasteiger partial charge on any atom is 0.326 e. The average Bonchev–Trinajstić information content (AvgIpc) is 2.36. The van der Waals surface area contributed by atoms with Crippen molar-refractivity contribution in [2.24, 2.45) is 0 Å². The van der Waals surface area contributed by atoms with Gasteiger partial charge in [-0.1, -0.05) is 0 Å². The Labute approximate surface area is 119 Å². The molecule has 1 rings (SSSR count). The number of hydrogen-bond acceptors (Lipinski definition) is 5. The van der Waals surface area contributed by atoms with Gasteiger partial charge in [-0.2, -0.15) is 0 Å². The van der Waals surface area contributed by atoms with Crippen LogP contribution in [0.25, 0.3) is 0 Å². The van der Waals surface area contributed by atoms with Crippen molar-refractivity contribution in [3.63, 3.8) is 0 Å². The summed E-state index contributed by atoms with van der Waals surface area (Å²) in [5.41, 5.74) is 6.06. The van der Waals surface area contributed by atoms with Crippen LogP contribution in [0.3, 0.4) is 0 Å². The van der Waals surface area contributed by atoms with E-state index in [1.165, 1.54) is 0 Å². The maximum absolute atomic E-state index is 11.7. The Morgan fingerprint density at radius 3 is 2.30 bits per heavy atom. The Balaban J connectivity index is 2.55. The average molecular weight is 298 g/mol. The number of benzene rings is 1. The summed E-state index contributed by atoms with van der Waals surface area (Å²) in [6.45, 7) is 0. The predicted molar refractivity (Wildman–Crippen MR) is 73.5 cm³/mol. The van der Waals surface area contributed by atoms with Gasteiger partial charge in [0, 0.05) is 17.0 Å². The Morgan fingerprint density at radius 1 is 1.20 bits per heavy atom. The molecule has 0 heterocycles. The number of carbonyl (C=O) groups is 3. The smallest absolute Gasteiger partial charge is 0.326 e. The van der Waals surface area contributed by atoms with Crippen LogP contribution in [0.5, 0.6) is 0 Å².